The minimum Gasteiger partial charge on any atom is -0.497 e. The van der Waals surface area contributed by atoms with Crippen molar-refractivity contribution in [1.29, 1.82) is 0 Å². The van der Waals surface area contributed by atoms with Crippen molar-refractivity contribution in [3.05, 3.63) is 24.3 Å². The average molecular weight is 444 g/mol. The fourth-order valence-corrected chi connectivity index (χ4v) is 2.74. The van der Waals surface area contributed by atoms with E-state index in [-0.39, 0.29) is 35.9 Å². The molecular formula is C17H25IN4O2. The van der Waals surface area contributed by atoms with Crippen LogP contribution in [0.15, 0.2) is 29.3 Å². The molecule has 1 unspecified atom stereocenters. The summed E-state index contributed by atoms with van der Waals surface area (Å²) in [5, 5.41) is 6.79. The first-order chi connectivity index (χ1) is 11.2. The van der Waals surface area contributed by atoms with Crippen molar-refractivity contribution in [1.82, 2.24) is 10.6 Å². The van der Waals surface area contributed by atoms with Gasteiger partial charge in [0, 0.05) is 37.3 Å². The van der Waals surface area contributed by atoms with E-state index in [0.29, 0.717) is 19.0 Å². The molecule has 132 valence electrons. The number of anilines is 1. The highest BCUT2D eigenvalue weighted by Crippen LogP contribution is 2.25. The van der Waals surface area contributed by atoms with Gasteiger partial charge < -0.3 is 20.3 Å². The fraction of sp³-hybridized carbons (Fsp3) is 0.529. The van der Waals surface area contributed by atoms with Crippen LogP contribution in [0.1, 0.15) is 26.2 Å². The number of aliphatic imine (C=N–C) groups is 1. The number of nitrogens with zero attached hydrogens (tertiary/aromatic N) is 2. The lowest BCUT2D eigenvalue weighted by Crippen LogP contribution is -2.45. The molecule has 0 aromatic heterocycles. The molecule has 0 bridgehead atoms. The molecule has 1 amide bonds. The van der Waals surface area contributed by atoms with E-state index in [1.807, 2.05) is 31.2 Å². The number of nitrogens with one attached hydrogen (secondary N) is 2. The van der Waals surface area contributed by atoms with Crippen LogP contribution in [-0.2, 0) is 4.79 Å². The van der Waals surface area contributed by atoms with Gasteiger partial charge in [0.05, 0.1) is 13.2 Å². The molecular weight excluding hydrogens is 419 g/mol. The molecule has 6 nitrogen and oxygen atoms in total. The normalized spacial score (nSPS) is 20.6. The highest BCUT2D eigenvalue weighted by molar-refractivity contribution is 14.0. The maximum absolute atomic E-state index is 12.3. The molecule has 2 N–H and O–H groups in total. The number of carbonyl (C=O) groups excluding carboxylic acids is 1. The Labute approximate surface area is 160 Å². The van der Waals surface area contributed by atoms with Crippen molar-refractivity contribution in [2.24, 2.45) is 4.99 Å². The van der Waals surface area contributed by atoms with Gasteiger partial charge in [0.1, 0.15) is 5.75 Å². The predicted octanol–water partition coefficient (Wildman–Crippen LogP) is 2.14. The molecule has 7 heteroatoms. The lowest BCUT2D eigenvalue weighted by molar-refractivity contribution is -0.117. The molecule has 1 saturated heterocycles. The Kier molecular flexibility index (Phi) is 6.70. The summed E-state index contributed by atoms with van der Waals surface area (Å²) in [7, 11) is 1.63. The summed E-state index contributed by atoms with van der Waals surface area (Å²) in [6.45, 7) is 3.38. The van der Waals surface area contributed by atoms with E-state index in [9.17, 15) is 4.79 Å². The van der Waals surface area contributed by atoms with Gasteiger partial charge in [-0.25, -0.2) is 0 Å². The minimum absolute atomic E-state index is 0. The molecule has 0 spiro atoms. The number of hydrogen-bond acceptors (Lipinski definition) is 3. The van der Waals surface area contributed by atoms with E-state index >= 15 is 0 Å². The van der Waals surface area contributed by atoms with Crippen LogP contribution in [0.5, 0.6) is 5.75 Å². The number of methoxy groups -OCH3 is 1. The second kappa shape index (κ2) is 8.55. The van der Waals surface area contributed by atoms with Crippen LogP contribution in [-0.4, -0.2) is 44.1 Å². The van der Waals surface area contributed by atoms with Gasteiger partial charge in [-0.15, -0.1) is 24.0 Å². The Hall–Kier alpha value is -1.51. The molecule has 2 aliphatic rings. The second-order valence-corrected chi connectivity index (χ2v) is 5.99. The van der Waals surface area contributed by atoms with Gasteiger partial charge in [0.15, 0.2) is 5.96 Å². The van der Waals surface area contributed by atoms with Gasteiger partial charge in [-0.2, -0.15) is 0 Å². The number of ether oxygens (including phenoxy) is 1. The molecule has 1 aromatic rings. The quantitative estimate of drug-likeness (QED) is 0.415. The van der Waals surface area contributed by atoms with Crippen molar-refractivity contribution in [3.8, 4) is 5.75 Å². The number of halogens is 1. The van der Waals surface area contributed by atoms with Crippen molar-refractivity contribution in [2.75, 3.05) is 25.1 Å². The summed E-state index contributed by atoms with van der Waals surface area (Å²) < 4.78 is 5.24. The number of carbonyl (C=O) groups is 1. The maximum Gasteiger partial charge on any atom is 0.229 e. The molecule has 1 aliphatic carbocycles. The largest absolute Gasteiger partial charge is 0.497 e. The van der Waals surface area contributed by atoms with E-state index in [1.54, 1.807) is 12.0 Å². The van der Waals surface area contributed by atoms with Crippen LogP contribution in [0.2, 0.25) is 0 Å². The molecule has 24 heavy (non-hydrogen) atoms. The topological polar surface area (TPSA) is 66.0 Å². The summed E-state index contributed by atoms with van der Waals surface area (Å²) in [6.07, 6.45) is 2.88. The van der Waals surface area contributed by atoms with Gasteiger partial charge in [-0.1, -0.05) is 6.07 Å². The Bertz CT molecular complexity index is 604. The van der Waals surface area contributed by atoms with E-state index < -0.39 is 0 Å². The first-order valence-electron chi connectivity index (χ1n) is 8.21. The van der Waals surface area contributed by atoms with Crippen LogP contribution >= 0.6 is 24.0 Å². The molecule has 1 aromatic carbocycles. The van der Waals surface area contributed by atoms with Gasteiger partial charge in [-0.05, 0) is 31.9 Å². The first kappa shape index (κ1) is 18.8. The Balaban J connectivity index is 0.00000208. The summed E-state index contributed by atoms with van der Waals surface area (Å²) in [5.74, 6) is 1.70. The molecule has 1 saturated carbocycles. The van der Waals surface area contributed by atoms with E-state index in [2.05, 4.69) is 15.6 Å². The molecule has 0 radical (unpaired) electrons. The smallest absolute Gasteiger partial charge is 0.229 e. The van der Waals surface area contributed by atoms with Gasteiger partial charge >= 0.3 is 0 Å². The molecule has 1 heterocycles. The standard InChI is InChI=1S/C17H24N4O2.HI/c1-3-18-17(19-12-7-8-12)20-13-9-16(22)21(11-13)14-5-4-6-15(10-14)23-2;/h4-6,10,12-13H,3,7-9,11H2,1-2H3,(H2,18,19,20);1H. The summed E-state index contributed by atoms with van der Waals surface area (Å²) in [5.41, 5.74) is 0.878. The number of rotatable bonds is 5. The van der Waals surface area contributed by atoms with Crippen molar-refractivity contribution < 1.29 is 9.53 Å². The lowest BCUT2D eigenvalue weighted by Gasteiger charge is -2.19. The Morgan fingerprint density at radius 3 is 2.75 bits per heavy atom. The van der Waals surface area contributed by atoms with Crippen molar-refractivity contribution >= 4 is 41.5 Å². The van der Waals surface area contributed by atoms with Crippen LogP contribution in [0.25, 0.3) is 0 Å². The fourth-order valence-electron chi connectivity index (χ4n) is 2.74. The highest BCUT2D eigenvalue weighted by Gasteiger charge is 2.32. The summed E-state index contributed by atoms with van der Waals surface area (Å²) >= 11 is 0. The van der Waals surface area contributed by atoms with E-state index in [1.165, 1.54) is 12.8 Å². The first-order valence-corrected chi connectivity index (χ1v) is 8.21. The second-order valence-electron chi connectivity index (χ2n) is 5.99. The number of hydrogen-bond donors (Lipinski definition) is 2. The average Bonchev–Trinajstić information content (AvgIpc) is 3.29. The van der Waals surface area contributed by atoms with E-state index in [4.69, 9.17) is 4.74 Å². The SMILES string of the molecule is CCN=C(NC1CC1)NC1CC(=O)N(c2cccc(OC)c2)C1.I. The highest BCUT2D eigenvalue weighted by atomic mass is 127. The summed E-state index contributed by atoms with van der Waals surface area (Å²) in [6, 6.07) is 8.23. The molecule has 3 rings (SSSR count). The van der Waals surface area contributed by atoms with Crippen LogP contribution in [0.4, 0.5) is 5.69 Å². The Morgan fingerprint density at radius 2 is 2.08 bits per heavy atom. The zero-order valence-electron chi connectivity index (χ0n) is 14.1. The predicted molar refractivity (Wildman–Crippen MR) is 106 cm³/mol. The van der Waals surface area contributed by atoms with Crippen LogP contribution in [0, 0.1) is 0 Å². The van der Waals surface area contributed by atoms with Crippen LogP contribution < -0.4 is 20.3 Å². The van der Waals surface area contributed by atoms with Crippen molar-refractivity contribution in [2.45, 2.75) is 38.3 Å². The van der Waals surface area contributed by atoms with Gasteiger partial charge in [0.2, 0.25) is 5.91 Å². The minimum atomic E-state index is 0. The zero-order valence-corrected chi connectivity index (χ0v) is 16.4. The Morgan fingerprint density at radius 1 is 1.33 bits per heavy atom. The third-order valence-electron chi connectivity index (χ3n) is 4.07. The van der Waals surface area contributed by atoms with Crippen LogP contribution in [0.3, 0.4) is 0 Å². The third kappa shape index (κ3) is 4.75. The monoisotopic (exact) mass is 444 g/mol. The molecule has 1 atom stereocenters. The van der Waals surface area contributed by atoms with Gasteiger partial charge in [-0.3, -0.25) is 9.79 Å². The number of benzene rings is 1. The van der Waals surface area contributed by atoms with E-state index in [0.717, 1.165) is 23.9 Å². The lowest BCUT2D eigenvalue weighted by atomic mass is 10.2. The maximum atomic E-state index is 12.3. The number of guanidine groups is 1. The van der Waals surface area contributed by atoms with Gasteiger partial charge in [0.25, 0.3) is 0 Å². The zero-order chi connectivity index (χ0) is 16.2. The number of amides is 1. The van der Waals surface area contributed by atoms with Crippen molar-refractivity contribution in [3.63, 3.8) is 0 Å². The third-order valence-corrected chi connectivity index (χ3v) is 4.07. The summed E-state index contributed by atoms with van der Waals surface area (Å²) in [4.78, 5) is 18.6. The molecule has 2 fully saturated rings. The molecule has 1 aliphatic heterocycles.